The van der Waals surface area contributed by atoms with Crippen LogP contribution in [-0.4, -0.2) is 41.3 Å². The zero-order valence-corrected chi connectivity index (χ0v) is 13.2. The van der Waals surface area contributed by atoms with E-state index in [4.69, 9.17) is 9.47 Å². The molecule has 0 aliphatic carbocycles. The fraction of sp³-hybridized carbons (Fsp3) is 0.286. The minimum absolute atomic E-state index is 0.0958. The molecule has 24 heavy (non-hydrogen) atoms. The van der Waals surface area contributed by atoms with Crippen molar-refractivity contribution in [2.45, 2.75) is 13.5 Å². The van der Waals surface area contributed by atoms with Crippen LogP contribution in [0.15, 0.2) is 35.6 Å². The van der Waals surface area contributed by atoms with Gasteiger partial charge in [0.15, 0.2) is 0 Å². The van der Waals surface area contributed by atoms with Gasteiger partial charge >= 0.3 is 11.7 Å². The van der Waals surface area contributed by atoms with E-state index in [2.05, 4.69) is 25.4 Å². The van der Waals surface area contributed by atoms with Gasteiger partial charge in [-0.05, 0) is 29.5 Å². The van der Waals surface area contributed by atoms with E-state index in [-0.39, 0.29) is 18.3 Å². The molecule has 0 saturated carbocycles. The van der Waals surface area contributed by atoms with Crippen molar-refractivity contribution >= 4 is 0 Å². The number of nitrogens with zero attached hydrogens (tertiary/aromatic N) is 7. The molecule has 3 aromatic rings. The third kappa shape index (κ3) is 3.07. The van der Waals surface area contributed by atoms with Gasteiger partial charge in [0.1, 0.15) is 25.0 Å². The molecule has 0 amide bonds. The van der Waals surface area contributed by atoms with Crippen LogP contribution in [0.3, 0.4) is 0 Å². The molecule has 0 N–H and O–H groups in total. The Balaban J connectivity index is 2.01. The highest BCUT2D eigenvalue weighted by Crippen LogP contribution is 2.25. The molecule has 0 spiro atoms. The maximum atomic E-state index is 12.2. The molecule has 1 aromatic carbocycles. The van der Waals surface area contributed by atoms with Crippen molar-refractivity contribution in [3.8, 4) is 17.4 Å². The second-order valence-electron chi connectivity index (χ2n) is 4.69. The van der Waals surface area contributed by atoms with Crippen LogP contribution in [0.4, 0.5) is 0 Å². The lowest BCUT2D eigenvalue weighted by Crippen LogP contribution is -2.23. The molecule has 0 atom stereocenters. The number of benzene rings is 1. The third-order valence-electron chi connectivity index (χ3n) is 3.17. The van der Waals surface area contributed by atoms with Gasteiger partial charge in [0, 0.05) is 7.05 Å². The standard InChI is InChI=1S/C14H15N7O3/c1-3-23-12-6-4-5-11(21-14(22)20(2)18-19-21)10(12)7-24-13-16-8-15-9-17-13/h4-6,8-9H,3,7H2,1-2H3. The molecule has 0 aliphatic rings. The summed E-state index contributed by atoms with van der Waals surface area (Å²) in [4.78, 5) is 23.7. The van der Waals surface area contributed by atoms with Crippen molar-refractivity contribution in [3.05, 3.63) is 46.9 Å². The van der Waals surface area contributed by atoms with Gasteiger partial charge in [-0.15, -0.1) is 0 Å². The molecular weight excluding hydrogens is 314 g/mol. The normalized spacial score (nSPS) is 10.6. The first kappa shape index (κ1) is 15.6. The van der Waals surface area contributed by atoms with Crippen molar-refractivity contribution in [1.82, 2.24) is 34.7 Å². The van der Waals surface area contributed by atoms with Crippen molar-refractivity contribution < 1.29 is 9.47 Å². The van der Waals surface area contributed by atoms with E-state index in [0.717, 1.165) is 4.68 Å². The van der Waals surface area contributed by atoms with Crippen LogP contribution in [-0.2, 0) is 13.7 Å². The molecule has 0 radical (unpaired) electrons. The molecule has 10 heteroatoms. The molecule has 0 bridgehead atoms. The monoisotopic (exact) mass is 329 g/mol. The number of rotatable bonds is 6. The molecule has 2 heterocycles. The van der Waals surface area contributed by atoms with Gasteiger partial charge in [-0.3, -0.25) is 0 Å². The Kier molecular flexibility index (Phi) is 4.45. The van der Waals surface area contributed by atoms with Gasteiger partial charge in [0.25, 0.3) is 0 Å². The maximum Gasteiger partial charge on any atom is 0.368 e. The van der Waals surface area contributed by atoms with Crippen LogP contribution >= 0.6 is 0 Å². The lowest BCUT2D eigenvalue weighted by atomic mass is 10.1. The molecule has 3 rings (SSSR count). The fourth-order valence-corrected chi connectivity index (χ4v) is 2.09. The maximum absolute atomic E-state index is 12.2. The molecule has 0 unspecified atom stereocenters. The van der Waals surface area contributed by atoms with Crippen molar-refractivity contribution in [3.63, 3.8) is 0 Å². The summed E-state index contributed by atoms with van der Waals surface area (Å²) in [7, 11) is 1.53. The summed E-state index contributed by atoms with van der Waals surface area (Å²) >= 11 is 0. The molecule has 0 aliphatic heterocycles. The molecule has 2 aromatic heterocycles. The molecule has 10 nitrogen and oxygen atoms in total. The van der Waals surface area contributed by atoms with Crippen LogP contribution in [0.25, 0.3) is 5.69 Å². The summed E-state index contributed by atoms with van der Waals surface area (Å²) in [6.07, 6.45) is 2.68. The summed E-state index contributed by atoms with van der Waals surface area (Å²) in [5, 5.41) is 7.60. The number of tetrazole rings is 1. The summed E-state index contributed by atoms with van der Waals surface area (Å²) in [5.41, 5.74) is 0.792. The molecule has 124 valence electrons. The SMILES string of the molecule is CCOc1cccc(-n2nnn(C)c2=O)c1COc1ncncn1. The zero-order valence-electron chi connectivity index (χ0n) is 13.2. The van der Waals surface area contributed by atoms with Crippen LogP contribution in [0.2, 0.25) is 0 Å². The molecule has 0 fully saturated rings. The van der Waals surface area contributed by atoms with Crippen molar-refractivity contribution in [2.75, 3.05) is 6.61 Å². The second kappa shape index (κ2) is 6.86. The Hall–Kier alpha value is -3.30. The number of hydrogen-bond acceptors (Lipinski definition) is 8. The Morgan fingerprint density at radius 3 is 2.58 bits per heavy atom. The first-order valence-electron chi connectivity index (χ1n) is 7.19. The topological polar surface area (TPSA) is 110 Å². The smallest absolute Gasteiger partial charge is 0.368 e. The highest BCUT2D eigenvalue weighted by atomic mass is 16.5. The highest BCUT2D eigenvalue weighted by Gasteiger charge is 2.16. The molecule has 0 saturated heterocycles. The minimum Gasteiger partial charge on any atom is -0.493 e. The number of aromatic nitrogens is 7. The summed E-state index contributed by atoms with van der Waals surface area (Å²) in [5.74, 6) is 0.585. The number of aryl methyl sites for hydroxylation is 1. The Labute approximate surface area is 136 Å². The van der Waals surface area contributed by atoms with E-state index in [1.54, 1.807) is 18.2 Å². The van der Waals surface area contributed by atoms with E-state index < -0.39 is 0 Å². The first-order valence-corrected chi connectivity index (χ1v) is 7.19. The van der Waals surface area contributed by atoms with Crippen LogP contribution in [0.1, 0.15) is 12.5 Å². The van der Waals surface area contributed by atoms with Crippen molar-refractivity contribution in [2.24, 2.45) is 7.05 Å². The quantitative estimate of drug-likeness (QED) is 0.627. The summed E-state index contributed by atoms with van der Waals surface area (Å²) in [6, 6.07) is 5.48. The Bertz CT molecular complexity index is 876. The average molecular weight is 329 g/mol. The number of ether oxygens (including phenoxy) is 2. The van der Waals surface area contributed by atoms with Crippen LogP contribution in [0.5, 0.6) is 11.8 Å². The lowest BCUT2D eigenvalue weighted by molar-refractivity contribution is 0.266. The Morgan fingerprint density at radius 2 is 1.92 bits per heavy atom. The summed E-state index contributed by atoms with van der Waals surface area (Å²) in [6.45, 7) is 2.44. The third-order valence-corrected chi connectivity index (χ3v) is 3.17. The zero-order chi connectivity index (χ0) is 16.9. The van der Waals surface area contributed by atoms with Gasteiger partial charge in [-0.25, -0.2) is 9.78 Å². The van der Waals surface area contributed by atoms with Gasteiger partial charge in [-0.1, -0.05) is 6.07 Å². The van der Waals surface area contributed by atoms with E-state index in [1.807, 2.05) is 6.92 Å². The van der Waals surface area contributed by atoms with E-state index in [9.17, 15) is 4.79 Å². The largest absolute Gasteiger partial charge is 0.493 e. The van der Waals surface area contributed by atoms with E-state index >= 15 is 0 Å². The predicted molar refractivity (Wildman–Crippen MR) is 81.9 cm³/mol. The summed E-state index contributed by atoms with van der Waals surface area (Å²) < 4.78 is 13.5. The second-order valence-corrected chi connectivity index (χ2v) is 4.69. The highest BCUT2D eigenvalue weighted by molar-refractivity contribution is 5.48. The van der Waals surface area contributed by atoms with E-state index in [0.29, 0.717) is 23.6 Å². The predicted octanol–water partition coefficient (Wildman–Crippen LogP) is 0.129. The average Bonchev–Trinajstić information content (AvgIpc) is 2.94. The van der Waals surface area contributed by atoms with Gasteiger partial charge in [-0.2, -0.15) is 19.3 Å². The van der Waals surface area contributed by atoms with Crippen LogP contribution < -0.4 is 15.2 Å². The van der Waals surface area contributed by atoms with Crippen molar-refractivity contribution in [1.29, 1.82) is 0 Å². The van der Waals surface area contributed by atoms with Gasteiger partial charge in [0.2, 0.25) is 0 Å². The van der Waals surface area contributed by atoms with Crippen LogP contribution in [0, 0.1) is 0 Å². The fourth-order valence-electron chi connectivity index (χ4n) is 2.09. The Morgan fingerprint density at radius 1 is 1.12 bits per heavy atom. The van der Waals surface area contributed by atoms with E-state index in [1.165, 1.54) is 24.4 Å². The van der Waals surface area contributed by atoms with Gasteiger partial charge in [0.05, 0.1) is 17.9 Å². The van der Waals surface area contributed by atoms with Gasteiger partial charge < -0.3 is 9.47 Å². The molecular formula is C14H15N7O3. The number of hydrogen-bond donors (Lipinski definition) is 0. The lowest BCUT2D eigenvalue weighted by Gasteiger charge is -2.14. The first-order chi connectivity index (χ1) is 11.7. The minimum atomic E-state index is -0.370.